The van der Waals surface area contributed by atoms with Crippen molar-refractivity contribution in [2.24, 2.45) is 5.92 Å². The summed E-state index contributed by atoms with van der Waals surface area (Å²) in [5.74, 6) is 4.31. The fourth-order valence-corrected chi connectivity index (χ4v) is 1.90. The summed E-state index contributed by atoms with van der Waals surface area (Å²) < 4.78 is 13.9. The summed E-state index contributed by atoms with van der Waals surface area (Å²) >= 11 is 0. The first kappa shape index (κ1) is 16.2. The maximum Gasteiger partial charge on any atom is 0.254 e. The summed E-state index contributed by atoms with van der Waals surface area (Å²) in [5.41, 5.74) is 0.447. The number of carbonyl (C=O) groups is 1. The van der Waals surface area contributed by atoms with E-state index in [1.54, 1.807) is 6.07 Å². The van der Waals surface area contributed by atoms with Gasteiger partial charge in [0.1, 0.15) is 12.4 Å². The average Bonchev–Trinajstić information content (AvgIpc) is 2.41. The van der Waals surface area contributed by atoms with Crippen LogP contribution in [0.3, 0.4) is 0 Å². The van der Waals surface area contributed by atoms with Gasteiger partial charge >= 0.3 is 0 Å². The fourth-order valence-electron chi connectivity index (χ4n) is 1.90. The molecule has 1 amide bonds. The number of carbonyl (C=O) groups excluding carboxylic acids is 1. The van der Waals surface area contributed by atoms with Crippen molar-refractivity contribution in [3.63, 3.8) is 0 Å². The Balaban J connectivity index is 2.89. The minimum atomic E-state index is -0.606. The van der Waals surface area contributed by atoms with Gasteiger partial charge in [0.2, 0.25) is 0 Å². The Morgan fingerprint density at radius 3 is 2.65 bits per heavy atom. The van der Waals surface area contributed by atoms with Gasteiger partial charge in [-0.3, -0.25) is 4.79 Å². The number of hydrogen-bond donors (Lipinski definition) is 2. The number of hydrogen-bond acceptors (Lipinski definition) is 2. The molecular weight excluding hydrogens is 257 g/mol. The Morgan fingerprint density at radius 1 is 1.45 bits per heavy atom. The van der Waals surface area contributed by atoms with Crippen LogP contribution in [-0.4, -0.2) is 23.7 Å². The molecule has 2 N–H and O–H groups in total. The summed E-state index contributed by atoms with van der Waals surface area (Å²) in [6, 6.07) is 4.21. The first-order valence-electron chi connectivity index (χ1n) is 6.69. The van der Waals surface area contributed by atoms with Gasteiger partial charge in [-0.2, -0.15) is 0 Å². The summed E-state index contributed by atoms with van der Waals surface area (Å²) in [4.78, 5) is 12.0. The lowest BCUT2D eigenvalue weighted by Crippen LogP contribution is -2.38. The largest absolute Gasteiger partial charge is 0.384 e. The lowest BCUT2D eigenvalue weighted by molar-refractivity contribution is 0.0920. The van der Waals surface area contributed by atoms with E-state index in [0.29, 0.717) is 11.5 Å². The highest BCUT2D eigenvalue weighted by atomic mass is 19.1. The van der Waals surface area contributed by atoms with Crippen molar-refractivity contribution >= 4 is 5.91 Å². The van der Waals surface area contributed by atoms with Crippen LogP contribution >= 0.6 is 0 Å². The summed E-state index contributed by atoms with van der Waals surface area (Å²) in [6.07, 6.45) is 0.797. The number of nitrogens with one attached hydrogen (secondary N) is 1. The molecular formula is C16H20FNO2. The molecule has 20 heavy (non-hydrogen) atoms. The first-order chi connectivity index (χ1) is 9.49. The predicted molar refractivity (Wildman–Crippen MR) is 76.7 cm³/mol. The second kappa shape index (κ2) is 7.66. The summed E-state index contributed by atoms with van der Waals surface area (Å²) in [7, 11) is 0. The smallest absolute Gasteiger partial charge is 0.254 e. The molecule has 0 spiro atoms. The van der Waals surface area contributed by atoms with E-state index in [2.05, 4.69) is 17.2 Å². The minimum Gasteiger partial charge on any atom is -0.384 e. The quantitative estimate of drug-likeness (QED) is 0.830. The SMILES string of the molecule is CCC(NC(=O)c1ccc(C#CCO)cc1F)C(C)C. The van der Waals surface area contributed by atoms with Crippen molar-refractivity contribution in [3.05, 3.63) is 35.1 Å². The van der Waals surface area contributed by atoms with Gasteiger partial charge in [-0.1, -0.05) is 32.6 Å². The van der Waals surface area contributed by atoms with Gasteiger partial charge in [0.15, 0.2) is 0 Å². The third-order valence-corrected chi connectivity index (χ3v) is 3.09. The Hall–Kier alpha value is -1.86. The minimum absolute atomic E-state index is 0.0126. The molecule has 0 saturated heterocycles. The van der Waals surface area contributed by atoms with Crippen molar-refractivity contribution in [1.82, 2.24) is 5.32 Å². The number of aliphatic hydroxyl groups is 1. The van der Waals surface area contributed by atoms with E-state index < -0.39 is 11.7 Å². The normalized spacial score (nSPS) is 11.7. The molecule has 1 aromatic rings. The molecule has 0 heterocycles. The molecule has 108 valence electrons. The molecule has 4 heteroatoms. The van der Waals surface area contributed by atoms with Gasteiger partial charge < -0.3 is 10.4 Å². The topological polar surface area (TPSA) is 49.3 Å². The van der Waals surface area contributed by atoms with Crippen LogP contribution < -0.4 is 5.32 Å². The van der Waals surface area contributed by atoms with E-state index in [4.69, 9.17) is 5.11 Å². The van der Waals surface area contributed by atoms with Crippen molar-refractivity contribution in [2.45, 2.75) is 33.2 Å². The highest BCUT2D eigenvalue weighted by Gasteiger charge is 2.17. The van der Waals surface area contributed by atoms with Crippen molar-refractivity contribution < 1.29 is 14.3 Å². The zero-order chi connectivity index (χ0) is 15.1. The van der Waals surface area contributed by atoms with E-state index in [9.17, 15) is 9.18 Å². The maximum atomic E-state index is 13.9. The van der Waals surface area contributed by atoms with E-state index in [1.807, 2.05) is 20.8 Å². The average molecular weight is 277 g/mol. The van der Waals surface area contributed by atoms with Crippen LogP contribution in [0.25, 0.3) is 0 Å². The monoisotopic (exact) mass is 277 g/mol. The van der Waals surface area contributed by atoms with Gasteiger partial charge in [-0.15, -0.1) is 0 Å². The zero-order valence-electron chi connectivity index (χ0n) is 12.0. The highest BCUT2D eigenvalue weighted by Crippen LogP contribution is 2.12. The van der Waals surface area contributed by atoms with Crippen LogP contribution in [0.4, 0.5) is 4.39 Å². The van der Waals surface area contributed by atoms with Crippen molar-refractivity contribution in [1.29, 1.82) is 0 Å². The molecule has 0 aliphatic carbocycles. The molecule has 0 aromatic heterocycles. The van der Waals surface area contributed by atoms with E-state index in [0.717, 1.165) is 6.42 Å². The molecule has 0 bridgehead atoms. The van der Waals surface area contributed by atoms with Gasteiger partial charge in [-0.25, -0.2) is 4.39 Å². The number of halogens is 1. The van der Waals surface area contributed by atoms with Gasteiger partial charge in [0, 0.05) is 11.6 Å². The number of amides is 1. The molecule has 1 aromatic carbocycles. The molecule has 1 unspecified atom stereocenters. The number of aliphatic hydroxyl groups excluding tert-OH is 1. The predicted octanol–water partition coefficient (Wildman–Crippen LogP) is 2.33. The molecule has 1 atom stereocenters. The van der Waals surface area contributed by atoms with Gasteiger partial charge in [0.05, 0.1) is 5.56 Å². The maximum absolute atomic E-state index is 13.9. The van der Waals surface area contributed by atoms with E-state index in [1.165, 1.54) is 12.1 Å². The molecule has 0 radical (unpaired) electrons. The summed E-state index contributed by atoms with van der Waals surface area (Å²) in [6.45, 7) is 5.72. The molecule has 0 aliphatic heterocycles. The Morgan fingerprint density at radius 2 is 2.15 bits per heavy atom. The van der Waals surface area contributed by atoms with E-state index >= 15 is 0 Å². The standard InChI is InChI=1S/C16H20FNO2/c1-4-15(11(2)3)18-16(20)13-8-7-12(6-5-9-19)10-14(13)17/h7-8,10-11,15,19H,4,9H2,1-3H3,(H,18,20). The zero-order valence-corrected chi connectivity index (χ0v) is 12.0. The molecule has 1 rings (SSSR count). The highest BCUT2D eigenvalue weighted by molar-refractivity contribution is 5.94. The van der Waals surface area contributed by atoms with Gasteiger partial charge in [-0.05, 0) is 30.5 Å². The number of rotatable bonds is 4. The lowest BCUT2D eigenvalue weighted by Gasteiger charge is -2.20. The van der Waals surface area contributed by atoms with Crippen LogP contribution in [0.5, 0.6) is 0 Å². The second-order valence-corrected chi connectivity index (χ2v) is 4.89. The lowest BCUT2D eigenvalue weighted by atomic mass is 10.0. The van der Waals surface area contributed by atoms with Crippen LogP contribution in [0, 0.1) is 23.6 Å². The van der Waals surface area contributed by atoms with Crippen LogP contribution in [0.1, 0.15) is 43.1 Å². The molecule has 0 aliphatic rings. The van der Waals surface area contributed by atoms with Crippen molar-refractivity contribution in [2.75, 3.05) is 6.61 Å². The van der Waals surface area contributed by atoms with Gasteiger partial charge in [0.25, 0.3) is 5.91 Å². The molecule has 0 fully saturated rings. The fraction of sp³-hybridized carbons (Fsp3) is 0.438. The molecule has 3 nitrogen and oxygen atoms in total. The Labute approximate surface area is 119 Å². The van der Waals surface area contributed by atoms with Crippen LogP contribution in [0.15, 0.2) is 18.2 Å². The Kier molecular flexibility index (Phi) is 6.20. The van der Waals surface area contributed by atoms with Crippen LogP contribution in [-0.2, 0) is 0 Å². The molecule has 0 saturated carbocycles. The summed E-state index contributed by atoms with van der Waals surface area (Å²) in [5, 5.41) is 11.4. The van der Waals surface area contributed by atoms with Crippen molar-refractivity contribution in [3.8, 4) is 11.8 Å². The second-order valence-electron chi connectivity index (χ2n) is 4.89. The Bertz CT molecular complexity index is 529. The number of benzene rings is 1. The van der Waals surface area contributed by atoms with E-state index in [-0.39, 0.29) is 18.2 Å². The first-order valence-corrected chi connectivity index (χ1v) is 6.69. The third-order valence-electron chi connectivity index (χ3n) is 3.09. The van der Waals surface area contributed by atoms with Crippen LogP contribution in [0.2, 0.25) is 0 Å². The third kappa shape index (κ3) is 4.36.